The van der Waals surface area contributed by atoms with Gasteiger partial charge in [-0.15, -0.1) is 0 Å². The average molecular weight is 356 g/mol. The minimum absolute atomic E-state index is 0. The van der Waals surface area contributed by atoms with Crippen LogP contribution in [0.2, 0.25) is 0 Å². The number of hydrogen-bond acceptors (Lipinski definition) is 4. The van der Waals surface area contributed by atoms with Crippen molar-refractivity contribution < 1.29 is 25.9 Å². The first-order valence-electron chi connectivity index (χ1n) is 5.26. The van der Waals surface area contributed by atoms with Gasteiger partial charge in [0, 0.05) is 0 Å². The van der Waals surface area contributed by atoms with Gasteiger partial charge >= 0.3 is 61.8 Å². The first-order valence-corrected chi connectivity index (χ1v) is 8.14. The summed E-state index contributed by atoms with van der Waals surface area (Å²) in [6, 6.07) is 16.9. The molecule has 0 amide bonds. The van der Waals surface area contributed by atoms with Gasteiger partial charge in [0.15, 0.2) is 0 Å². The van der Waals surface area contributed by atoms with Crippen LogP contribution in [0.15, 0.2) is 70.5 Å². The molecule has 0 saturated carbocycles. The standard InChI is InChI=1S/C12H10O2S.K.H2O4S.H/c13-15(14,11-7-3-1-4-8-11)12-9-5-2-6-10-12;;1-5(2,3)4;/h1-10H;;(H2,1,2,3,4);. The Kier molecular flexibility index (Phi) is 9.08. The van der Waals surface area contributed by atoms with Crippen LogP contribution in [0.3, 0.4) is 0 Å². The Labute approximate surface area is 166 Å². The third-order valence-electron chi connectivity index (χ3n) is 2.11. The normalized spacial score (nSPS) is 10.8. The Morgan fingerprint density at radius 3 is 1.10 bits per heavy atom. The van der Waals surface area contributed by atoms with E-state index in [1.165, 1.54) is 0 Å². The van der Waals surface area contributed by atoms with Gasteiger partial charge in [-0.3, -0.25) is 9.11 Å². The predicted octanol–water partition coefficient (Wildman–Crippen LogP) is 1.22. The Bertz CT molecular complexity index is 689. The van der Waals surface area contributed by atoms with Crippen molar-refractivity contribution in [3.05, 3.63) is 60.7 Å². The van der Waals surface area contributed by atoms with Crippen LogP contribution in [0.1, 0.15) is 0 Å². The fraction of sp³-hybridized carbons (Fsp3) is 0. The Hall–Kier alpha value is -0.104. The van der Waals surface area contributed by atoms with Gasteiger partial charge in [0.25, 0.3) is 0 Å². The zero-order valence-corrected chi connectivity index (χ0v) is 11.8. The summed E-state index contributed by atoms with van der Waals surface area (Å²) in [6.07, 6.45) is 0. The third-order valence-corrected chi connectivity index (χ3v) is 3.89. The number of hydrogen-bond donors (Lipinski definition) is 2. The quantitative estimate of drug-likeness (QED) is 0.618. The molecule has 9 heteroatoms. The molecule has 0 fully saturated rings. The molecule has 0 heterocycles. The average Bonchev–Trinajstić information content (AvgIpc) is 2.39. The summed E-state index contributed by atoms with van der Waals surface area (Å²) in [6.45, 7) is 0. The van der Waals surface area contributed by atoms with E-state index in [1.807, 2.05) is 0 Å². The van der Waals surface area contributed by atoms with E-state index < -0.39 is 20.2 Å². The summed E-state index contributed by atoms with van der Waals surface area (Å²) in [5, 5.41) is 0. The van der Waals surface area contributed by atoms with E-state index in [1.54, 1.807) is 60.7 Å². The van der Waals surface area contributed by atoms with Crippen LogP contribution >= 0.6 is 0 Å². The molecule has 0 atom stereocenters. The Balaban J connectivity index is 0.000000583. The molecule has 0 radical (unpaired) electrons. The molecule has 2 aromatic carbocycles. The van der Waals surface area contributed by atoms with Gasteiger partial charge in [-0.25, -0.2) is 8.42 Å². The van der Waals surface area contributed by atoms with Crippen molar-refractivity contribution in [1.82, 2.24) is 0 Å². The monoisotopic (exact) mass is 356 g/mol. The molecule has 2 rings (SSSR count). The first kappa shape index (κ1) is 20.9. The second-order valence-electron chi connectivity index (χ2n) is 3.58. The summed E-state index contributed by atoms with van der Waals surface area (Å²) in [5.74, 6) is 0. The van der Waals surface area contributed by atoms with E-state index >= 15 is 0 Å². The predicted molar refractivity (Wildman–Crippen MR) is 79.7 cm³/mol. The number of rotatable bonds is 2. The zero-order chi connectivity index (χ0) is 15.2. The molecular formula is C12H13KO6S2. The van der Waals surface area contributed by atoms with E-state index in [4.69, 9.17) is 17.5 Å². The van der Waals surface area contributed by atoms with Gasteiger partial charge < -0.3 is 0 Å². The second kappa shape index (κ2) is 9.13. The van der Waals surface area contributed by atoms with Gasteiger partial charge in [-0.05, 0) is 24.3 Å². The van der Waals surface area contributed by atoms with Gasteiger partial charge in [0.2, 0.25) is 9.84 Å². The summed E-state index contributed by atoms with van der Waals surface area (Å²) < 4.78 is 55.7. The van der Waals surface area contributed by atoms with Gasteiger partial charge in [0.1, 0.15) is 0 Å². The van der Waals surface area contributed by atoms with Crippen LogP contribution in [0.5, 0.6) is 0 Å². The molecule has 0 aliphatic carbocycles. The van der Waals surface area contributed by atoms with Crippen molar-refractivity contribution in [3.8, 4) is 0 Å². The Morgan fingerprint density at radius 1 is 0.619 bits per heavy atom. The maximum absolute atomic E-state index is 12.0. The minimum atomic E-state index is -4.67. The van der Waals surface area contributed by atoms with Crippen LogP contribution in [0, 0.1) is 0 Å². The molecule has 0 bridgehead atoms. The second-order valence-corrected chi connectivity index (χ2v) is 6.42. The van der Waals surface area contributed by atoms with Crippen LogP contribution in [-0.4, -0.2) is 77.3 Å². The summed E-state index contributed by atoms with van der Waals surface area (Å²) in [5.41, 5.74) is 0. The van der Waals surface area contributed by atoms with Gasteiger partial charge in [-0.2, -0.15) is 8.42 Å². The van der Waals surface area contributed by atoms with Crippen LogP contribution < -0.4 is 0 Å². The molecule has 0 saturated heterocycles. The van der Waals surface area contributed by atoms with E-state index in [0.29, 0.717) is 9.79 Å². The van der Waals surface area contributed by atoms with Gasteiger partial charge in [-0.1, -0.05) is 36.4 Å². The van der Waals surface area contributed by atoms with Crippen LogP contribution in [0.4, 0.5) is 0 Å². The van der Waals surface area contributed by atoms with E-state index in [0.717, 1.165) is 0 Å². The van der Waals surface area contributed by atoms with E-state index in [2.05, 4.69) is 0 Å². The topological polar surface area (TPSA) is 109 Å². The molecular weight excluding hydrogens is 343 g/mol. The molecule has 2 aromatic rings. The van der Waals surface area contributed by atoms with Crippen LogP contribution in [-0.2, 0) is 20.2 Å². The van der Waals surface area contributed by atoms with Crippen molar-refractivity contribution in [2.24, 2.45) is 0 Å². The summed E-state index contributed by atoms with van der Waals surface area (Å²) in [4.78, 5) is 0.660. The van der Waals surface area contributed by atoms with E-state index in [9.17, 15) is 8.42 Å². The fourth-order valence-corrected chi connectivity index (χ4v) is 2.64. The molecule has 0 unspecified atom stereocenters. The molecule has 0 aliphatic rings. The molecule has 6 nitrogen and oxygen atoms in total. The molecule has 0 aliphatic heterocycles. The van der Waals surface area contributed by atoms with Crippen molar-refractivity contribution in [2.45, 2.75) is 9.79 Å². The number of sulfone groups is 1. The van der Waals surface area contributed by atoms with Crippen molar-refractivity contribution in [1.29, 1.82) is 0 Å². The molecule has 0 aromatic heterocycles. The fourth-order valence-electron chi connectivity index (χ4n) is 1.34. The Morgan fingerprint density at radius 2 is 0.857 bits per heavy atom. The summed E-state index contributed by atoms with van der Waals surface area (Å²) in [7, 11) is -8.01. The molecule has 21 heavy (non-hydrogen) atoms. The third kappa shape index (κ3) is 8.19. The number of benzene rings is 2. The van der Waals surface area contributed by atoms with Crippen molar-refractivity contribution in [2.75, 3.05) is 0 Å². The van der Waals surface area contributed by atoms with E-state index in [-0.39, 0.29) is 51.4 Å². The maximum atomic E-state index is 12.0. The van der Waals surface area contributed by atoms with Gasteiger partial charge in [0.05, 0.1) is 9.79 Å². The molecule has 110 valence electrons. The zero-order valence-electron chi connectivity index (χ0n) is 10.1. The van der Waals surface area contributed by atoms with Crippen molar-refractivity contribution in [3.63, 3.8) is 0 Å². The molecule has 0 spiro atoms. The first-order chi connectivity index (χ1) is 9.21. The summed E-state index contributed by atoms with van der Waals surface area (Å²) >= 11 is 0. The van der Waals surface area contributed by atoms with Crippen LogP contribution in [0.25, 0.3) is 0 Å². The molecule has 2 N–H and O–H groups in total. The SMILES string of the molecule is O=S(=O)(O)O.O=S(=O)(c1ccccc1)c1ccccc1.[KH]. The van der Waals surface area contributed by atoms with Crippen molar-refractivity contribution >= 4 is 71.6 Å².